The first-order valence-electron chi connectivity index (χ1n) is 10.3. The van der Waals surface area contributed by atoms with E-state index in [1.807, 2.05) is 0 Å². The molecule has 0 saturated heterocycles. The molecule has 2 aromatic rings. The van der Waals surface area contributed by atoms with Crippen LogP contribution in [0.1, 0.15) is 61.3 Å². The number of nitrogens with zero attached hydrogens (tertiary/aromatic N) is 2. The van der Waals surface area contributed by atoms with E-state index >= 15 is 0 Å². The van der Waals surface area contributed by atoms with E-state index < -0.39 is 0 Å². The fourth-order valence-electron chi connectivity index (χ4n) is 3.43. The van der Waals surface area contributed by atoms with Gasteiger partial charge in [-0.1, -0.05) is 61.6 Å². The molecule has 2 nitrogen and oxygen atoms in total. The monoisotopic (exact) mass is 432 g/mol. The van der Waals surface area contributed by atoms with Gasteiger partial charge in [-0.3, -0.25) is 0 Å². The number of rotatable bonds is 7. The molecule has 2 aromatic carbocycles. The third-order valence-corrected chi connectivity index (χ3v) is 5.03. The zero-order chi connectivity index (χ0) is 21.2. The molecule has 0 fully saturated rings. The molecule has 0 amide bonds. The topological polar surface area (TPSA) is 25.3 Å². The van der Waals surface area contributed by atoms with Crippen molar-refractivity contribution in [2.75, 3.05) is 0 Å². The molecule has 0 N–H and O–H groups in total. The number of aryl methyl sites for hydroxylation is 2. The second-order valence-electron chi connectivity index (χ2n) is 7.57. The van der Waals surface area contributed by atoms with Crippen LogP contribution in [0, 0.1) is 13.8 Å². The Kier molecular flexibility index (Phi) is 9.54. The van der Waals surface area contributed by atoms with E-state index in [1.54, 1.807) is 14.4 Å². The Morgan fingerprint density at radius 3 is 1.83 bits per heavy atom. The van der Waals surface area contributed by atoms with Gasteiger partial charge in [-0.2, -0.15) is 0 Å². The Bertz CT molecular complexity index is 859. The normalized spacial score (nSPS) is 13.4. The van der Waals surface area contributed by atoms with Crippen molar-refractivity contribution in [3.05, 3.63) is 88.0 Å². The van der Waals surface area contributed by atoms with E-state index in [2.05, 4.69) is 87.2 Å². The van der Waals surface area contributed by atoms with Crippen LogP contribution in [0.5, 0.6) is 0 Å². The van der Waals surface area contributed by atoms with Crippen molar-refractivity contribution in [1.82, 2.24) is 0 Å². The summed E-state index contributed by atoms with van der Waals surface area (Å²) in [6.45, 7) is 6.40. The van der Waals surface area contributed by atoms with Crippen LogP contribution in [0.3, 0.4) is 0 Å². The van der Waals surface area contributed by atoms with Crippen molar-refractivity contribution < 1.29 is 19.1 Å². The van der Waals surface area contributed by atoms with Crippen LogP contribution in [0.2, 0.25) is 11.8 Å². The van der Waals surface area contributed by atoms with Crippen molar-refractivity contribution in [3.8, 4) is 0 Å². The number of hydrogen-bond acceptors (Lipinski definition) is 0. The summed E-state index contributed by atoms with van der Waals surface area (Å²) in [4.78, 5) is 0. The van der Waals surface area contributed by atoms with Gasteiger partial charge in [-0.15, -0.1) is 0 Å². The van der Waals surface area contributed by atoms with Gasteiger partial charge >= 0.3 is 26.2 Å². The average molecular weight is 433 g/mol. The van der Waals surface area contributed by atoms with Gasteiger partial charge in [0.2, 0.25) is 11.4 Å². The van der Waals surface area contributed by atoms with Crippen molar-refractivity contribution >= 4 is 11.4 Å². The fraction of sp³-hybridized carbons (Fsp3) is 0.385. The molecule has 158 valence electrons. The van der Waals surface area contributed by atoms with Crippen molar-refractivity contribution in [2.45, 2.75) is 64.7 Å². The van der Waals surface area contributed by atoms with Gasteiger partial charge in [0, 0.05) is 22.8 Å². The zero-order valence-corrected chi connectivity index (χ0v) is 19.4. The Labute approximate surface area is 183 Å². The molecule has 29 heavy (non-hydrogen) atoms. The van der Waals surface area contributed by atoms with E-state index in [9.17, 15) is 5.53 Å². The Balaban J connectivity index is 0.000000941. The second-order valence-corrected chi connectivity index (χ2v) is 8.56. The summed E-state index contributed by atoms with van der Waals surface area (Å²) in [5, 5.41) is 0. The molecule has 0 saturated carbocycles. The number of unbranched alkanes of at least 4 members (excludes halogenated alkanes) is 3. The second kappa shape index (κ2) is 11.9. The first kappa shape index (κ1) is 23.3. The summed E-state index contributed by atoms with van der Waals surface area (Å²) in [6, 6.07) is 16.8. The molecule has 3 heteroatoms. The summed E-state index contributed by atoms with van der Waals surface area (Å²) in [7, 11) is 0. The Morgan fingerprint density at radius 1 is 0.793 bits per heavy atom. The molecule has 0 spiro atoms. The Hall–Kier alpha value is -1.99. The molecule has 1 aliphatic heterocycles. The first-order chi connectivity index (χ1) is 14.0. The number of allylic oxidation sites excluding steroid dienone is 2. The fourth-order valence-corrected chi connectivity index (χ4v) is 3.43. The van der Waals surface area contributed by atoms with E-state index in [1.165, 1.54) is 40.7 Å². The van der Waals surface area contributed by atoms with Crippen molar-refractivity contribution in [3.63, 3.8) is 0 Å². The van der Waals surface area contributed by atoms with Gasteiger partial charge < -0.3 is 5.53 Å². The average Bonchev–Trinajstić information content (AvgIpc) is 3.03. The van der Waals surface area contributed by atoms with Crippen LogP contribution in [0.4, 0.5) is 0 Å². The maximum atomic E-state index is 11.0. The number of benzene rings is 2. The summed E-state index contributed by atoms with van der Waals surface area (Å²) in [5.41, 5.74) is 18.6. The van der Waals surface area contributed by atoms with E-state index in [-0.39, 0.29) is 0 Å². The van der Waals surface area contributed by atoms with Gasteiger partial charge in [-0.05, 0) is 51.0 Å². The van der Waals surface area contributed by atoms with Gasteiger partial charge in [0.15, 0.2) is 0 Å². The van der Waals surface area contributed by atoms with E-state index in [0.29, 0.717) is 0 Å². The molecular weight excluding hydrogens is 399 g/mol. The molecule has 1 aliphatic rings. The SMILES string of the molecule is CCCCCCC1=C(c2ccc(C)cc2)[N+](=[N-])C(c2ccc(C)cc2)=C1.[CH3][Ni][CH3]. The van der Waals surface area contributed by atoms with Gasteiger partial charge in [0.05, 0.1) is 0 Å². The minimum absolute atomic E-state index is 0.867. The maximum absolute atomic E-state index is 11.0. The molecule has 0 aromatic heterocycles. The van der Waals surface area contributed by atoms with Gasteiger partial charge in [-0.25, -0.2) is 4.70 Å². The quantitative estimate of drug-likeness (QED) is 0.239. The summed E-state index contributed by atoms with van der Waals surface area (Å²) in [6.07, 6.45) is 8.05. The molecule has 3 rings (SSSR count). The van der Waals surface area contributed by atoms with E-state index in [4.69, 9.17) is 0 Å². The third-order valence-electron chi connectivity index (χ3n) is 5.03. The van der Waals surface area contributed by atoms with Crippen LogP contribution >= 0.6 is 0 Å². The van der Waals surface area contributed by atoms with Crippen LogP contribution in [0.15, 0.2) is 60.2 Å². The molecule has 0 atom stereocenters. The Morgan fingerprint density at radius 2 is 1.31 bits per heavy atom. The predicted molar refractivity (Wildman–Crippen MR) is 121 cm³/mol. The molecule has 0 radical (unpaired) electrons. The van der Waals surface area contributed by atoms with Crippen molar-refractivity contribution in [1.29, 1.82) is 0 Å². The van der Waals surface area contributed by atoms with Crippen LogP contribution < -0.4 is 0 Å². The number of hydrogen-bond donors (Lipinski definition) is 0. The van der Waals surface area contributed by atoms with Gasteiger partial charge in [0.1, 0.15) is 0 Å². The molecule has 0 aliphatic carbocycles. The summed E-state index contributed by atoms with van der Waals surface area (Å²) < 4.78 is 1.38. The third kappa shape index (κ3) is 6.51. The van der Waals surface area contributed by atoms with Crippen LogP contribution in [0.25, 0.3) is 16.9 Å². The van der Waals surface area contributed by atoms with Crippen molar-refractivity contribution in [2.24, 2.45) is 0 Å². The standard InChI is InChI=1S/C24H28N2.2CH3.Ni/c1-4-5-6-7-8-22-17-23(20-13-9-18(2)10-14-20)26(25)24(22)21-15-11-19(3)12-16-21;;;/h9-17H,4-8H2,1-3H3;2*1H3;. The molecular formula is C26H34N2Ni. The van der Waals surface area contributed by atoms with Crippen LogP contribution in [-0.4, -0.2) is 4.70 Å². The zero-order valence-electron chi connectivity index (χ0n) is 18.4. The predicted octanol–water partition coefficient (Wildman–Crippen LogP) is 8.24. The minimum atomic E-state index is 0.867. The van der Waals surface area contributed by atoms with Crippen LogP contribution in [-0.2, 0) is 14.4 Å². The summed E-state index contributed by atoms with van der Waals surface area (Å²) >= 11 is 1.62. The first-order valence-corrected chi connectivity index (χ1v) is 12.3. The van der Waals surface area contributed by atoms with Gasteiger partial charge in [0.25, 0.3) is 0 Å². The molecule has 0 unspecified atom stereocenters. The summed E-state index contributed by atoms with van der Waals surface area (Å²) in [5.74, 6) is 4.12. The molecule has 0 bridgehead atoms. The van der Waals surface area contributed by atoms with E-state index in [0.717, 1.165) is 35.4 Å². The molecule has 1 heterocycles.